The number of hydrogen-bond donors (Lipinski definition) is 1. The number of aliphatic carboxylic acids is 1. The lowest BCUT2D eigenvalue weighted by molar-refractivity contribution is -0.137. The van der Waals surface area contributed by atoms with E-state index in [2.05, 4.69) is 0 Å². The lowest BCUT2D eigenvalue weighted by Crippen LogP contribution is -2.35. The van der Waals surface area contributed by atoms with Gasteiger partial charge in [-0.15, -0.1) is 0 Å². The van der Waals surface area contributed by atoms with Crippen LogP contribution >= 0.6 is 11.6 Å². The molecular weight excluding hydrogens is 360 g/mol. The second kappa shape index (κ2) is 6.61. The van der Waals surface area contributed by atoms with E-state index >= 15 is 0 Å². The molecule has 132 valence electrons. The van der Waals surface area contributed by atoms with E-state index in [0.717, 1.165) is 9.80 Å². The molecule has 0 unspecified atom stereocenters. The Morgan fingerprint density at radius 2 is 1.65 bits per heavy atom. The van der Waals surface area contributed by atoms with E-state index in [1.165, 1.54) is 37.4 Å². The van der Waals surface area contributed by atoms with Gasteiger partial charge in [0.15, 0.2) is 0 Å². The third-order valence-electron chi connectivity index (χ3n) is 3.94. The number of halogens is 1. The number of imide groups is 1. The Morgan fingerprint density at radius 3 is 2.19 bits per heavy atom. The van der Waals surface area contributed by atoms with Gasteiger partial charge in [0.1, 0.15) is 6.54 Å². The summed E-state index contributed by atoms with van der Waals surface area (Å²) in [6, 6.07) is 10.5. The van der Waals surface area contributed by atoms with Crippen molar-refractivity contribution in [1.82, 2.24) is 4.90 Å². The first-order chi connectivity index (χ1) is 12.3. The number of nitrogens with zero attached hydrogens (tertiary/aromatic N) is 2. The predicted molar refractivity (Wildman–Crippen MR) is 93.6 cm³/mol. The van der Waals surface area contributed by atoms with Crippen LogP contribution in [0.4, 0.5) is 5.69 Å². The largest absolute Gasteiger partial charge is 0.480 e. The maximum absolute atomic E-state index is 12.7. The van der Waals surface area contributed by atoms with Gasteiger partial charge in [0.2, 0.25) is 0 Å². The molecule has 0 saturated heterocycles. The molecule has 0 spiro atoms. The van der Waals surface area contributed by atoms with Crippen LogP contribution in [0.2, 0.25) is 5.02 Å². The van der Waals surface area contributed by atoms with Gasteiger partial charge in [-0.05, 0) is 30.3 Å². The van der Waals surface area contributed by atoms with Crippen LogP contribution < -0.4 is 4.90 Å². The van der Waals surface area contributed by atoms with Crippen LogP contribution in [0.25, 0.3) is 0 Å². The summed E-state index contributed by atoms with van der Waals surface area (Å²) in [5.41, 5.74) is 0.507. The third kappa shape index (κ3) is 2.93. The van der Waals surface area contributed by atoms with Crippen LogP contribution in [0, 0.1) is 0 Å². The maximum atomic E-state index is 12.7. The smallest absolute Gasteiger partial charge is 0.323 e. The number of carboxylic acids is 1. The van der Waals surface area contributed by atoms with Gasteiger partial charge < -0.3 is 10.0 Å². The topological polar surface area (TPSA) is 95.0 Å². The zero-order valence-corrected chi connectivity index (χ0v) is 14.4. The molecule has 1 aliphatic heterocycles. The van der Waals surface area contributed by atoms with E-state index in [1.807, 2.05) is 0 Å². The Hall–Kier alpha value is -3.19. The molecule has 3 rings (SSSR count). The van der Waals surface area contributed by atoms with Crippen molar-refractivity contribution in [3.63, 3.8) is 0 Å². The lowest BCUT2D eigenvalue weighted by atomic mass is 10.1. The minimum Gasteiger partial charge on any atom is -0.480 e. The lowest BCUT2D eigenvalue weighted by Gasteiger charge is -2.21. The average Bonchev–Trinajstić information content (AvgIpc) is 2.85. The highest BCUT2D eigenvalue weighted by Gasteiger charge is 2.38. The van der Waals surface area contributed by atoms with Gasteiger partial charge in [-0.25, -0.2) is 4.90 Å². The third-order valence-corrected chi connectivity index (χ3v) is 4.18. The number of carbonyl (C=O) groups excluding carboxylic acids is 3. The highest BCUT2D eigenvalue weighted by atomic mass is 35.5. The Kier molecular flexibility index (Phi) is 4.48. The molecule has 0 fully saturated rings. The van der Waals surface area contributed by atoms with E-state index in [-0.39, 0.29) is 27.4 Å². The van der Waals surface area contributed by atoms with Gasteiger partial charge in [-0.3, -0.25) is 19.2 Å². The number of benzene rings is 2. The molecule has 0 aliphatic carbocycles. The van der Waals surface area contributed by atoms with Crippen molar-refractivity contribution in [1.29, 1.82) is 0 Å². The molecule has 1 aliphatic rings. The van der Waals surface area contributed by atoms with Crippen molar-refractivity contribution < 1.29 is 24.3 Å². The minimum atomic E-state index is -1.19. The summed E-state index contributed by atoms with van der Waals surface area (Å²) in [5, 5.41) is 9.10. The second-order valence-electron chi connectivity index (χ2n) is 5.71. The summed E-state index contributed by atoms with van der Waals surface area (Å²) in [6.45, 7) is -0.535. The van der Waals surface area contributed by atoms with Crippen molar-refractivity contribution >= 4 is 41.0 Å². The summed E-state index contributed by atoms with van der Waals surface area (Å²) in [7, 11) is 1.31. The molecular formula is C18H13ClN2O5. The summed E-state index contributed by atoms with van der Waals surface area (Å²) < 4.78 is 0. The van der Waals surface area contributed by atoms with Gasteiger partial charge in [-0.1, -0.05) is 23.7 Å². The Bertz CT molecular complexity index is 921. The zero-order chi connectivity index (χ0) is 19.0. The summed E-state index contributed by atoms with van der Waals surface area (Å²) in [4.78, 5) is 50.7. The minimum absolute atomic E-state index is 0.0317. The van der Waals surface area contributed by atoms with Gasteiger partial charge in [0, 0.05) is 12.1 Å². The Labute approximate surface area is 153 Å². The van der Waals surface area contributed by atoms with Crippen LogP contribution in [0.5, 0.6) is 0 Å². The monoisotopic (exact) mass is 372 g/mol. The first-order valence-electron chi connectivity index (χ1n) is 7.56. The molecule has 0 bridgehead atoms. The number of anilines is 1. The number of likely N-dealkylation sites (N-methyl/N-ethyl adjacent to an activating group) is 1. The van der Waals surface area contributed by atoms with Crippen molar-refractivity contribution in [2.24, 2.45) is 0 Å². The molecule has 7 nitrogen and oxygen atoms in total. The van der Waals surface area contributed by atoms with E-state index < -0.39 is 30.2 Å². The van der Waals surface area contributed by atoms with Gasteiger partial charge in [0.25, 0.3) is 17.7 Å². The highest BCUT2D eigenvalue weighted by molar-refractivity contribution is 6.36. The molecule has 1 N–H and O–H groups in total. The molecule has 3 amide bonds. The summed E-state index contributed by atoms with van der Waals surface area (Å²) >= 11 is 5.96. The standard InChI is InChI=1S/C18H13ClN2O5/c1-20(9-15(22)23)16(24)13-8-10(19)6-7-14(13)21-17(25)11-4-2-3-5-12(11)18(21)26/h2-8H,9H2,1H3,(H,22,23). The van der Waals surface area contributed by atoms with Crippen LogP contribution in [-0.4, -0.2) is 47.3 Å². The van der Waals surface area contributed by atoms with Crippen LogP contribution in [0.1, 0.15) is 31.1 Å². The second-order valence-corrected chi connectivity index (χ2v) is 6.14. The average molecular weight is 373 g/mol. The van der Waals surface area contributed by atoms with E-state index in [0.29, 0.717) is 0 Å². The fraction of sp³-hybridized carbons (Fsp3) is 0.111. The molecule has 1 heterocycles. The van der Waals surface area contributed by atoms with Crippen LogP contribution in [-0.2, 0) is 4.79 Å². The Balaban J connectivity index is 2.07. The van der Waals surface area contributed by atoms with Crippen molar-refractivity contribution in [3.05, 3.63) is 64.2 Å². The fourth-order valence-electron chi connectivity index (χ4n) is 2.76. The quantitative estimate of drug-likeness (QED) is 0.831. The van der Waals surface area contributed by atoms with Gasteiger partial charge >= 0.3 is 5.97 Å². The van der Waals surface area contributed by atoms with E-state index in [9.17, 15) is 19.2 Å². The van der Waals surface area contributed by atoms with E-state index in [4.69, 9.17) is 16.7 Å². The molecule has 0 radical (unpaired) electrons. The number of hydrogen-bond acceptors (Lipinski definition) is 4. The molecule has 0 aromatic heterocycles. The molecule has 0 saturated carbocycles. The zero-order valence-electron chi connectivity index (χ0n) is 13.6. The number of amides is 3. The molecule has 8 heteroatoms. The Morgan fingerprint density at radius 1 is 1.08 bits per heavy atom. The van der Waals surface area contributed by atoms with Crippen molar-refractivity contribution in [2.45, 2.75) is 0 Å². The number of carboxylic acid groups (broad SMARTS) is 1. The van der Waals surface area contributed by atoms with Gasteiger partial charge in [0.05, 0.1) is 22.4 Å². The number of carbonyl (C=O) groups is 4. The van der Waals surface area contributed by atoms with Crippen LogP contribution in [0.3, 0.4) is 0 Å². The molecule has 26 heavy (non-hydrogen) atoms. The fourth-order valence-corrected chi connectivity index (χ4v) is 2.94. The summed E-state index contributed by atoms with van der Waals surface area (Å²) in [5.74, 6) is -2.96. The van der Waals surface area contributed by atoms with E-state index in [1.54, 1.807) is 12.1 Å². The SMILES string of the molecule is CN(CC(=O)O)C(=O)c1cc(Cl)ccc1N1C(=O)c2ccccc2C1=O. The summed E-state index contributed by atoms with van der Waals surface area (Å²) in [6.07, 6.45) is 0. The maximum Gasteiger partial charge on any atom is 0.323 e. The number of fused-ring (bicyclic) bond motifs is 1. The molecule has 2 aromatic carbocycles. The van der Waals surface area contributed by atoms with Gasteiger partial charge in [-0.2, -0.15) is 0 Å². The predicted octanol–water partition coefficient (Wildman–Crippen LogP) is 2.30. The van der Waals surface area contributed by atoms with Crippen LogP contribution in [0.15, 0.2) is 42.5 Å². The highest BCUT2D eigenvalue weighted by Crippen LogP contribution is 2.32. The van der Waals surface area contributed by atoms with Crippen molar-refractivity contribution in [2.75, 3.05) is 18.5 Å². The normalized spacial score (nSPS) is 12.9. The first-order valence-corrected chi connectivity index (χ1v) is 7.93. The molecule has 0 atom stereocenters. The molecule has 2 aromatic rings. The number of rotatable bonds is 4. The van der Waals surface area contributed by atoms with Crippen molar-refractivity contribution in [3.8, 4) is 0 Å². The first kappa shape index (κ1) is 17.6.